The summed E-state index contributed by atoms with van der Waals surface area (Å²) in [5, 5.41) is 0. The van der Waals surface area contributed by atoms with E-state index in [4.69, 9.17) is 0 Å². The van der Waals surface area contributed by atoms with Crippen LogP contribution in [0.4, 0.5) is 0 Å². The van der Waals surface area contributed by atoms with Crippen molar-refractivity contribution in [2.45, 2.75) is 12.8 Å². The predicted molar refractivity (Wildman–Crippen MR) is 66.7 cm³/mol. The van der Waals surface area contributed by atoms with Crippen molar-refractivity contribution in [1.29, 1.82) is 0 Å². The number of hydrogen-bond acceptors (Lipinski definition) is 2. The van der Waals surface area contributed by atoms with Gasteiger partial charge in [-0.3, -0.25) is 14.5 Å². The highest BCUT2D eigenvalue weighted by atomic mass is 16.2. The molecule has 0 unspecified atom stereocenters. The van der Waals surface area contributed by atoms with Gasteiger partial charge in [-0.25, -0.2) is 0 Å². The molecule has 2 bridgehead atoms. The SMILES string of the molecule is C[NH+](C)CCCN1C(=O)[C@@H]2[C@@H](C1=O)[C@@H]1C=C[C@@H]2C1. The van der Waals surface area contributed by atoms with Crippen LogP contribution in [0.3, 0.4) is 0 Å². The minimum Gasteiger partial charge on any atom is -0.340 e. The van der Waals surface area contributed by atoms with Crippen LogP contribution in [0.5, 0.6) is 0 Å². The molecule has 0 radical (unpaired) electrons. The maximum atomic E-state index is 12.3. The quantitative estimate of drug-likeness (QED) is 0.530. The summed E-state index contributed by atoms with van der Waals surface area (Å²) >= 11 is 0. The monoisotopic (exact) mass is 249 g/mol. The Morgan fingerprint density at radius 2 is 1.72 bits per heavy atom. The molecule has 3 rings (SSSR count). The van der Waals surface area contributed by atoms with Gasteiger partial charge in [0.05, 0.1) is 32.5 Å². The van der Waals surface area contributed by atoms with Crippen LogP contribution in [0.1, 0.15) is 12.8 Å². The van der Waals surface area contributed by atoms with Crippen molar-refractivity contribution in [3.8, 4) is 0 Å². The molecule has 1 aliphatic heterocycles. The lowest BCUT2D eigenvalue weighted by Gasteiger charge is -2.17. The topological polar surface area (TPSA) is 41.8 Å². The second kappa shape index (κ2) is 4.19. The molecule has 4 heteroatoms. The summed E-state index contributed by atoms with van der Waals surface area (Å²) in [5.74, 6) is 0.798. The second-order valence-electron chi connectivity index (χ2n) is 6.14. The van der Waals surface area contributed by atoms with E-state index >= 15 is 0 Å². The van der Waals surface area contributed by atoms with Crippen molar-refractivity contribution in [3.63, 3.8) is 0 Å². The molecule has 0 aromatic carbocycles. The largest absolute Gasteiger partial charge is 0.340 e. The van der Waals surface area contributed by atoms with Gasteiger partial charge in [0.15, 0.2) is 0 Å². The summed E-state index contributed by atoms with van der Waals surface area (Å²) < 4.78 is 0. The zero-order valence-electron chi connectivity index (χ0n) is 11.1. The lowest BCUT2D eigenvalue weighted by Crippen LogP contribution is -3.05. The Morgan fingerprint density at radius 3 is 2.22 bits per heavy atom. The molecule has 4 nitrogen and oxygen atoms in total. The molecular weight excluding hydrogens is 228 g/mol. The molecule has 18 heavy (non-hydrogen) atoms. The van der Waals surface area contributed by atoms with Crippen molar-refractivity contribution >= 4 is 11.8 Å². The zero-order chi connectivity index (χ0) is 12.9. The average Bonchev–Trinajstić information content (AvgIpc) is 2.97. The Kier molecular flexibility index (Phi) is 2.77. The van der Waals surface area contributed by atoms with Gasteiger partial charge in [-0.05, 0) is 18.3 Å². The highest BCUT2D eigenvalue weighted by Gasteiger charge is 2.58. The lowest BCUT2D eigenvalue weighted by atomic mass is 9.85. The summed E-state index contributed by atoms with van der Waals surface area (Å²) in [6.45, 7) is 1.60. The molecule has 3 aliphatic rings. The van der Waals surface area contributed by atoms with Crippen LogP contribution in [0.15, 0.2) is 12.2 Å². The molecule has 0 aromatic heterocycles. The van der Waals surface area contributed by atoms with Crippen molar-refractivity contribution in [2.24, 2.45) is 23.7 Å². The Morgan fingerprint density at radius 1 is 1.17 bits per heavy atom. The van der Waals surface area contributed by atoms with Gasteiger partial charge in [0.25, 0.3) is 0 Å². The van der Waals surface area contributed by atoms with Gasteiger partial charge in [-0.1, -0.05) is 12.2 Å². The van der Waals surface area contributed by atoms with Crippen LogP contribution in [-0.4, -0.2) is 43.9 Å². The number of hydrogen-bond donors (Lipinski definition) is 1. The third-order valence-electron chi connectivity index (χ3n) is 4.62. The summed E-state index contributed by atoms with van der Waals surface area (Å²) in [4.78, 5) is 27.5. The molecular formula is C14H21N2O2+. The van der Waals surface area contributed by atoms with Gasteiger partial charge in [0.1, 0.15) is 0 Å². The lowest BCUT2D eigenvalue weighted by molar-refractivity contribution is -0.858. The molecule has 4 atom stereocenters. The number of carbonyl (C=O) groups is 2. The standard InChI is InChI=1S/C14H20N2O2/c1-15(2)6-3-7-16-13(17)11-9-4-5-10(8-9)12(11)14(16)18/h4-5,9-12H,3,6-8H2,1-2H3/p+1/t9-,10-,11+,12+/m1/s1. The smallest absolute Gasteiger partial charge is 0.233 e. The maximum absolute atomic E-state index is 12.3. The molecule has 2 aliphatic carbocycles. The van der Waals surface area contributed by atoms with Crippen molar-refractivity contribution in [3.05, 3.63) is 12.2 Å². The van der Waals surface area contributed by atoms with Gasteiger partial charge in [0, 0.05) is 13.0 Å². The summed E-state index contributed by atoms with van der Waals surface area (Å²) in [6, 6.07) is 0. The van der Waals surface area contributed by atoms with E-state index in [9.17, 15) is 9.59 Å². The molecule has 1 saturated heterocycles. The Bertz CT molecular complexity index is 386. The van der Waals surface area contributed by atoms with Crippen LogP contribution >= 0.6 is 0 Å². The molecule has 1 heterocycles. The number of carbonyl (C=O) groups excluding carboxylic acids is 2. The fourth-order valence-corrected chi connectivity index (χ4v) is 3.78. The number of likely N-dealkylation sites (tertiary alicyclic amines) is 1. The number of amides is 2. The molecule has 2 amide bonds. The third-order valence-corrected chi connectivity index (χ3v) is 4.62. The normalized spacial score (nSPS) is 37.2. The predicted octanol–water partition coefficient (Wildman–Crippen LogP) is -0.672. The molecule has 0 aromatic rings. The number of imide groups is 1. The first-order valence-corrected chi connectivity index (χ1v) is 6.92. The minimum absolute atomic E-state index is 0.0285. The van der Waals surface area contributed by atoms with Crippen LogP contribution in [0, 0.1) is 23.7 Å². The van der Waals surface area contributed by atoms with E-state index in [1.54, 1.807) is 0 Å². The molecule has 1 N–H and O–H groups in total. The minimum atomic E-state index is -0.0285. The van der Waals surface area contributed by atoms with E-state index in [1.807, 2.05) is 0 Å². The van der Waals surface area contributed by atoms with Gasteiger partial charge in [0.2, 0.25) is 11.8 Å². The van der Waals surface area contributed by atoms with E-state index in [0.29, 0.717) is 18.4 Å². The van der Waals surface area contributed by atoms with Crippen LogP contribution in [-0.2, 0) is 9.59 Å². The Hall–Kier alpha value is -1.16. The fraction of sp³-hybridized carbons (Fsp3) is 0.714. The Labute approximate surface area is 108 Å². The van der Waals surface area contributed by atoms with E-state index < -0.39 is 0 Å². The summed E-state index contributed by atoms with van der Waals surface area (Å²) in [5.41, 5.74) is 0. The highest BCUT2D eigenvalue weighted by molar-refractivity contribution is 6.06. The van der Waals surface area contributed by atoms with Crippen molar-refractivity contribution in [2.75, 3.05) is 27.2 Å². The molecule has 98 valence electrons. The first-order chi connectivity index (χ1) is 8.59. The number of rotatable bonds is 4. The van der Waals surface area contributed by atoms with Crippen molar-refractivity contribution < 1.29 is 14.5 Å². The van der Waals surface area contributed by atoms with Crippen LogP contribution in [0.25, 0.3) is 0 Å². The van der Waals surface area contributed by atoms with E-state index in [-0.39, 0.29) is 23.7 Å². The number of fused-ring (bicyclic) bond motifs is 5. The zero-order valence-corrected chi connectivity index (χ0v) is 11.1. The number of nitrogens with zero attached hydrogens (tertiary/aromatic N) is 1. The molecule has 1 saturated carbocycles. The van der Waals surface area contributed by atoms with Crippen LogP contribution in [0.2, 0.25) is 0 Å². The van der Waals surface area contributed by atoms with E-state index in [2.05, 4.69) is 26.2 Å². The van der Waals surface area contributed by atoms with Crippen molar-refractivity contribution in [1.82, 2.24) is 4.90 Å². The summed E-state index contributed by atoms with van der Waals surface area (Å²) in [6.07, 6.45) is 6.21. The third kappa shape index (κ3) is 1.62. The van der Waals surface area contributed by atoms with Gasteiger partial charge >= 0.3 is 0 Å². The summed E-state index contributed by atoms with van der Waals surface area (Å²) in [7, 11) is 4.18. The Balaban J connectivity index is 1.68. The molecule has 0 spiro atoms. The van der Waals surface area contributed by atoms with E-state index in [1.165, 1.54) is 9.80 Å². The highest BCUT2D eigenvalue weighted by Crippen LogP contribution is 2.52. The number of quaternary nitrogens is 1. The number of nitrogens with one attached hydrogen (secondary N) is 1. The second-order valence-corrected chi connectivity index (χ2v) is 6.14. The maximum Gasteiger partial charge on any atom is 0.233 e. The first-order valence-electron chi connectivity index (χ1n) is 6.92. The van der Waals surface area contributed by atoms with Crippen LogP contribution < -0.4 is 4.90 Å². The molecule has 2 fully saturated rings. The van der Waals surface area contributed by atoms with Gasteiger partial charge in [-0.2, -0.15) is 0 Å². The van der Waals surface area contributed by atoms with Gasteiger partial charge in [-0.15, -0.1) is 0 Å². The number of allylic oxidation sites excluding steroid dienone is 2. The fourth-order valence-electron chi connectivity index (χ4n) is 3.78. The van der Waals surface area contributed by atoms with E-state index in [0.717, 1.165) is 19.4 Å². The average molecular weight is 249 g/mol. The van der Waals surface area contributed by atoms with Gasteiger partial charge < -0.3 is 4.90 Å². The first kappa shape index (κ1) is 11.9.